The highest BCUT2D eigenvalue weighted by atomic mass is 16.5. The Kier molecular flexibility index (Phi) is 4.79. The van der Waals surface area contributed by atoms with E-state index < -0.39 is 0 Å². The van der Waals surface area contributed by atoms with Gasteiger partial charge in [0.05, 0.1) is 24.9 Å². The quantitative estimate of drug-likeness (QED) is 0.725. The number of ether oxygens (including phenoxy) is 2. The summed E-state index contributed by atoms with van der Waals surface area (Å²) in [5, 5.41) is 3.39. The van der Waals surface area contributed by atoms with Gasteiger partial charge in [0, 0.05) is 19.6 Å². The van der Waals surface area contributed by atoms with Crippen LogP contribution in [0.5, 0.6) is 0 Å². The minimum atomic E-state index is -0.0543. The van der Waals surface area contributed by atoms with Crippen LogP contribution in [-0.2, 0) is 9.47 Å². The number of hydrogen-bond donors (Lipinski definition) is 1. The van der Waals surface area contributed by atoms with Crippen LogP contribution in [0.4, 0.5) is 0 Å². The molecule has 4 nitrogen and oxygen atoms in total. The first-order valence-electron chi connectivity index (χ1n) is 6.84. The van der Waals surface area contributed by atoms with Gasteiger partial charge in [0.15, 0.2) is 0 Å². The van der Waals surface area contributed by atoms with Crippen molar-refractivity contribution in [2.24, 2.45) is 0 Å². The van der Waals surface area contributed by atoms with Crippen LogP contribution in [0.15, 0.2) is 0 Å². The number of nitrogens with one attached hydrogen (secondary N) is 1. The molecule has 0 bridgehead atoms. The normalized spacial score (nSPS) is 29.6. The largest absolute Gasteiger partial charge is 0.377 e. The van der Waals surface area contributed by atoms with Gasteiger partial charge in [-0.15, -0.1) is 0 Å². The summed E-state index contributed by atoms with van der Waals surface area (Å²) in [6, 6.07) is 0. The molecule has 0 radical (unpaired) electrons. The standard InChI is InChI=1S/C13H26N2O2/c1-13(2)11-14-9-12(17-13)10-16-8-7-15-5-3-4-6-15/h12,14H,3-11H2,1-2H3. The van der Waals surface area contributed by atoms with Gasteiger partial charge in [0.1, 0.15) is 0 Å². The lowest BCUT2D eigenvalue weighted by Crippen LogP contribution is -2.52. The number of morpholine rings is 1. The van der Waals surface area contributed by atoms with Crippen molar-refractivity contribution in [1.29, 1.82) is 0 Å². The third-order valence-corrected chi connectivity index (χ3v) is 3.46. The maximum atomic E-state index is 5.94. The molecule has 2 aliphatic heterocycles. The number of nitrogens with zero attached hydrogens (tertiary/aromatic N) is 1. The molecule has 2 saturated heterocycles. The average molecular weight is 242 g/mol. The van der Waals surface area contributed by atoms with Crippen LogP contribution in [0, 0.1) is 0 Å². The highest BCUT2D eigenvalue weighted by molar-refractivity contribution is 4.81. The number of rotatable bonds is 5. The van der Waals surface area contributed by atoms with Gasteiger partial charge in [-0.25, -0.2) is 0 Å². The van der Waals surface area contributed by atoms with E-state index in [-0.39, 0.29) is 11.7 Å². The lowest BCUT2D eigenvalue weighted by Gasteiger charge is -2.36. The van der Waals surface area contributed by atoms with E-state index in [4.69, 9.17) is 9.47 Å². The summed E-state index contributed by atoms with van der Waals surface area (Å²) >= 11 is 0. The molecule has 2 aliphatic rings. The van der Waals surface area contributed by atoms with E-state index in [0.717, 1.165) is 26.2 Å². The zero-order chi connectivity index (χ0) is 12.1. The minimum absolute atomic E-state index is 0.0543. The molecule has 100 valence electrons. The molecule has 0 aromatic rings. The van der Waals surface area contributed by atoms with Crippen molar-refractivity contribution >= 4 is 0 Å². The summed E-state index contributed by atoms with van der Waals surface area (Å²) in [7, 11) is 0. The van der Waals surface area contributed by atoms with Crippen molar-refractivity contribution in [2.75, 3.05) is 45.9 Å². The highest BCUT2D eigenvalue weighted by Crippen LogP contribution is 2.15. The average Bonchev–Trinajstić information content (AvgIpc) is 2.76. The van der Waals surface area contributed by atoms with Crippen molar-refractivity contribution in [3.8, 4) is 0 Å². The molecule has 0 spiro atoms. The van der Waals surface area contributed by atoms with Crippen molar-refractivity contribution in [1.82, 2.24) is 10.2 Å². The maximum absolute atomic E-state index is 5.94. The molecule has 0 aromatic heterocycles. The van der Waals surface area contributed by atoms with Gasteiger partial charge in [-0.2, -0.15) is 0 Å². The Hall–Kier alpha value is -0.160. The van der Waals surface area contributed by atoms with Crippen molar-refractivity contribution in [3.63, 3.8) is 0 Å². The van der Waals surface area contributed by atoms with Crippen LogP contribution < -0.4 is 5.32 Å². The smallest absolute Gasteiger partial charge is 0.0940 e. The molecule has 2 rings (SSSR count). The van der Waals surface area contributed by atoms with E-state index in [1.54, 1.807) is 0 Å². The van der Waals surface area contributed by atoms with E-state index in [9.17, 15) is 0 Å². The predicted molar refractivity (Wildman–Crippen MR) is 68.3 cm³/mol. The molecule has 0 aliphatic carbocycles. The monoisotopic (exact) mass is 242 g/mol. The summed E-state index contributed by atoms with van der Waals surface area (Å²) in [6.07, 6.45) is 2.91. The summed E-state index contributed by atoms with van der Waals surface area (Å²) < 4.78 is 11.7. The Balaban J connectivity index is 1.55. The fourth-order valence-corrected chi connectivity index (χ4v) is 2.58. The van der Waals surface area contributed by atoms with E-state index >= 15 is 0 Å². The predicted octanol–water partition coefficient (Wildman–Crippen LogP) is 0.866. The Bertz CT molecular complexity index is 227. The molecular formula is C13H26N2O2. The van der Waals surface area contributed by atoms with Crippen LogP contribution in [0.1, 0.15) is 26.7 Å². The van der Waals surface area contributed by atoms with Crippen LogP contribution in [0.2, 0.25) is 0 Å². The van der Waals surface area contributed by atoms with Crippen molar-refractivity contribution < 1.29 is 9.47 Å². The second kappa shape index (κ2) is 6.14. The molecule has 1 atom stereocenters. The summed E-state index contributed by atoms with van der Waals surface area (Å²) in [6.45, 7) is 11.2. The van der Waals surface area contributed by atoms with Gasteiger partial charge in [-0.3, -0.25) is 0 Å². The minimum Gasteiger partial charge on any atom is -0.377 e. The third-order valence-electron chi connectivity index (χ3n) is 3.46. The lowest BCUT2D eigenvalue weighted by atomic mass is 10.1. The molecule has 17 heavy (non-hydrogen) atoms. The first-order valence-corrected chi connectivity index (χ1v) is 6.84. The van der Waals surface area contributed by atoms with Crippen molar-refractivity contribution in [2.45, 2.75) is 38.4 Å². The fraction of sp³-hybridized carbons (Fsp3) is 1.00. The van der Waals surface area contributed by atoms with Gasteiger partial charge in [-0.1, -0.05) is 0 Å². The van der Waals surface area contributed by atoms with E-state index in [1.807, 2.05) is 0 Å². The first kappa shape index (κ1) is 13.3. The number of likely N-dealkylation sites (tertiary alicyclic amines) is 1. The Morgan fingerprint density at radius 3 is 2.82 bits per heavy atom. The summed E-state index contributed by atoms with van der Waals surface area (Å²) in [5.41, 5.74) is -0.0543. The van der Waals surface area contributed by atoms with Crippen molar-refractivity contribution in [3.05, 3.63) is 0 Å². The molecule has 1 unspecified atom stereocenters. The molecule has 0 amide bonds. The summed E-state index contributed by atoms with van der Waals surface area (Å²) in [4.78, 5) is 2.48. The second-order valence-corrected chi connectivity index (χ2v) is 5.75. The molecule has 0 aromatic carbocycles. The van der Waals surface area contributed by atoms with Gasteiger partial charge >= 0.3 is 0 Å². The van der Waals surface area contributed by atoms with Gasteiger partial charge in [0.2, 0.25) is 0 Å². The van der Waals surface area contributed by atoms with Gasteiger partial charge < -0.3 is 19.7 Å². The Labute approximate surface area is 105 Å². The Morgan fingerprint density at radius 1 is 1.35 bits per heavy atom. The van der Waals surface area contributed by atoms with E-state index in [2.05, 4.69) is 24.1 Å². The molecule has 0 saturated carbocycles. The van der Waals surface area contributed by atoms with Crippen LogP contribution in [0.3, 0.4) is 0 Å². The molecule has 1 N–H and O–H groups in total. The fourth-order valence-electron chi connectivity index (χ4n) is 2.58. The zero-order valence-electron chi connectivity index (χ0n) is 11.2. The SMILES string of the molecule is CC1(C)CNCC(COCCN2CCCC2)O1. The van der Waals surface area contributed by atoms with Crippen LogP contribution in [-0.4, -0.2) is 62.5 Å². The molecular weight excluding hydrogens is 216 g/mol. The summed E-state index contributed by atoms with van der Waals surface area (Å²) in [5.74, 6) is 0. The van der Waals surface area contributed by atoms with Gasteiger partial charge in [-0.05, 0) is 39.8 Å². The van der Waals surface area contributed by atoms with E-state index in [1.165, 1.54) is 25.9 Å². The highest BCUT2D eigenvalue weighted by Gasteiger charge is 2.28. The van der Waals surface area contributed by atoms with Crippen LogP contribution in [0.25, 0.3) is 0 Å². The third kappa shape index (κ3) is 4.54. The van der Waals surface area contributed by atoms with Gasteiger partial charge in [0.25, 0.3) is 0 Å². The molecule has 2 heterocycles. The second-order valence-electron chi connectivity index (χ2n) is 5.75. The van der Waals surface area contributed by atoms with Crippen LogP contribution >= 0.6 is 0 Å². The maximum Gasteiger partial charge on any atom is 0.0940 e. The molecule has 4 heteroatoms. The van der Waals surface area contributed by atoms with E-state index in [0.29, 0.717) is 6.61 Å². The topological polar surface area (TPSA) is 33.7 Å². The Morgan fingerprint density at radius 2 is 2.12 bits per heavy atom. The lowest BCUT2D eigenvalue weighted by molar-refractivity contribution is -0.120. The number of hydrogen-bond acceptors (Lipinski definition) is 4. The molecule has 2 fully saturated rings. The first-order chi connectivity index (χ1) is 8.16. The zero-order valence-corrected chi connectivity index (χ0v) is 11.2.